The van der Waals surface area contributed by atoms with Crippen LogP contribution in [0.4, 0.5) is 0 Å². The van der Waals surface area contributed by atoms with E-state index in [1.165, 1.54) is 16.5 Å². The lowest BCUT2D eigenvalue weighted by Crippen LogP contribution is -2.33. The molecule has 0 bridgehead atoms. The molecule has 1 fully saturated rings. The Kier molecular flexibility index (Phi) is 4.23. The molecule has 1 aliphatic rings. The summed E-state index contributed by atoms with van der Waals surface area (Å²) in [4.78, 5) is 2.42. The van der Waals surface area contributed by atoms with Crippen LogP contribution in [0.15, 0.2) is 28.7 Å². The molecule has 1 N–H and O–H groups in total. The van der Waals surface area contributed by atoms with Crippen molar-refractivity contribution in [3.8, 4) is 0 Å². The lowest BCUT2D eigenvalue weighted by Gasteiger charge is -2.20. The maximum atomic E-state index is 3.73. The van der Waals surface area contributed by atoms with E-state index in [1.807, 2.05) is 0 Å². The van der Waals surface area contributed by atoms with Gasteiger partial charge in [0.15, 0.2) is 0 Å². The van der Waals surface area contributed by atoms with Crippen molar-refractivity contribution in [2.75, 3.05) is 13.6 Å². The second-order valence-corrected chi connectivity index (χ2v) is 5.99. The van der Waals surface area contributed by atoms with Crippen LogP contribution in [-0.4, -0.2) is 30.6 Å². The number of rotatable bonds is 3. The highest BCUT2D eigenvalue weighted by molar-refractivity contribution is 9.10. The molecule has 3 heteroatoms. The third-order valence-electron chi connectivity index (χ3n) is 3.74. The Bertz CT molecular complexity index is 370. The summed E-state index contributed by atoms with van der Waals surface area (Å²) in [6.07, 6.45) is 1.24. The van der Waals surface area contributed by atoms with Crippen LogP contribution in [0.5, 0.6) is 0 Å². The van der Waals surface area contributed by atoms with Gasteiger partial charge in [0.1, 0.15) is 0 Å². The van der Waals surface area contributed by atoms with E-state index >= 15 is 0 Å². The van der Waals surface area contributed by atoms with Gasteiger partial charge in [0.2, 0.25) is 0 Å². The number of benzene rings is 1. The van der Waals surface area contributed by atoms with Crippen molar-refractivity contribution in [3.05, 3.63) is 34.3 Å². The first-order valence-electron chi connectivity index (χ1n) is 6.28. The molecule has 0 aromatic heterocycles. The largest absolute Gasteiger partial charge is 0.306 e. The third-order valence-corrected chi connectivity index (χ3v) is 4.47. The molecule has 1 saturated heterocycles. The van der Waals surface area contributed by atoms with Crippen LogP contribution >= 0.6 is 15.9 Å². The van der Waals surface area contributed by atoms with Gasteiger partial charge < -0.3 is 10.2 Å². The molecule has 3 atom stereocenters. The molecular weight excluding hydrogens is 276 g/mol. The second-order valence-electron chi connectivity index (χ2n) is 5.13. The Balaban J connectivity index is 1.98. The van der Waals surface area contributed by atoms with E-state index in [-0.39, 0.29) is 0 Å². The van der Waals surface area contributed by atoms with Crippen LogP contribution in [0.2, 0.25) is 0 Å². The molecule has 2 unspecified atom stereocenters. The topological polar surface area (TPSA) is 15.3 Å². The molecular formula is C14H21BrN2. The van der Waals surface area contributed by atoms with Crippen LogP contribution in [-0.2, 0) is 0 Å². The van der Waals surface area contributed by atoms with E-state index in [0.29, 0.717) is 18.1 Å². The van der Waals surface area contributed by atoms with E-state index in [9.17, 15) is 0 Å². The van der Waals surface area contributed by atoms with Crippen molar-refractivity contribution in [1.29, 1.82) is 0 Å². The summed E-state index contributed by atoms with van der Waals surface area (Å²) in [5.41, 5.74) is 1.34. The minimum Gasteiger partial charge on any atom is -0.306 e. The monoisotopic (exact) mass is 296 g/mol. The molecule has 1 aromatic carbocycles. The van der Waals surface area contributed by atoms with Gasteiger partial charge in [0, 0.05) is 29.1 Å². The molecule has 0 radical (unpaired) electrons. The lowest BCUT2D eigenvalue weighted by atomic mass is 10.1. The summed E-state index contributed by atoms with van der Waals surface area (Å²) in [6.45, 7) is 5.68. The van der Waals surface area contributed by atoms with E-state index in [1.54, 1.807) is 0 Å². The molecule has 0 aliphatic carbocycles. The van der Waals surface area contributed by atoms with Crippen molar-refractivity contribution >= 4 is 15.9 Å². The van der Waals surface area contributed by atoms with Crippen LogP contribution in [0.1, 0.15) is 31.9 Å². The van der Waals surface area contributed by atoms with Gasteiger partial charge in [-0.2, -0.15) is 0 Å². The van der Waals surface area contributed by atoms with E-state index in [2.05, 4.69) is 71.3 Å². The van der Waals surface area contributed by atoms with E-state index in [0.717, 1.165) is 6.54 Å². The standard InChI is InChI=1S/C14H21BrN2/c1-10-8-12(9-17(10)3)16-11(2)13-6-4-5-7-14(13)15/h4-7,10-12,16H,8-9H2,1-3H3/t10?,11-,12?/m0/s1. The predicted molar refractivity (Wildman–Crippen MR) is 76.2 cm³/mol. The summed E-state index contributed by atoms with van der Waals surface area (Å²) in [5, 5.41) is 3.73. The summed E-state index contributed by atoms with van der Waals surface area (Å²) < 4.78 is 1.19. The maximum absolute atomic E-state index is 3.73. The third kappa shape index (κ3) is 3.09. The number of nitrogens with zero attached hydrogens (tertiary/aromatic N) is 1. The van der Waals surface area contributed by atoms with Gasteiger partial charge in [-0.05, 0) is 38.9 Å². The second kappa shape index (κ2) is 5.51. The molecule has 17 heavy (non-hydrogen) atoms. The highest BCUT2D eigenvalue weighted by Crippen LogP contribution is 2.25. The van der Waals surface area contributed by atoms with Crippen molar-refractivity contribution in [3.63, 3.8) is 0 Å². The Morgan fingerprint density at radius 3 is 2.71 bits per heavy atom. The highest BCUT2D eigenvalue weighted by Gasteiger charge is 2.27. The number of hydrogen-bond donors (Lipinski definition) is 1. The van der Waals surface area contributed by atoms with Crippen molar-refractivity contribution in [2.24, 2.45) is 0 Å². The zero-order valence-corrected chi connectivity index (χ0v) is 12.4. The van der Waals surface area contributed by atoms with Crippen LogP contribution in [0.3, 0.4) is 0 Å². The van der Waals surface area contributed by atoms with Crippen LogP contribution < -0.4 is 5.32 Å². The van der Waals surface area contributed by atoms with Gasteiger partial charge >= 0.3 is 0 Å². The summed E-state index contributed by atoms with van der Waals surface area (Å²) in [6, 6.07) is 10.2. The van der Waals surface area contributed by atoms with Gasteiger partial charge in [-0.3, -0.25) is 0 Å². The Morgan fingerprint density at radius 1 is 1.41 bits per heavy atom. The fraction of sp³-hybridized carbons (Fsp3) is 0.571. The zero-order chi connectivity index (χ0) is 12.4. The molecule has 1 heterocycles. The zero-order valence-electron chi connectivity index (χ0n) is 10.8. The Morgan fingerprint density at radius 2 is 2.12 bits per heavy atom. The average Bonchev–Trinajstić information content (AvgIpc) is 2.58. The Labute approximate surface area is 113 Å². The quantitative estimate of drug-likeness (QED) is 0.921. The van der Waals surface area contributed by atoms with Crippen molar-refractivity contribution < 1.29 is 0 Å². The first-order valence-corrected chi connectivity index (χ1v) is 7.08. The summed E-state index contributed by atoms with van der Waals surface area (Å²) in [7, 11) is 2.20. The maximum Gasteiger partial charge on any atom is 0.0306 e. The van der Waals surface area contributed by atoms with Crippen molar-refractivity contribution in [1.82, 2.24) is 10.2 Å². The molecule has 94 valence electrons. The molecule has 0 amide bonds. The van der Waals surface area contributed by atoms with Gasteiger partial charge in [0.05, 0.1) is 0 Å². The van der Waals surface area contributed by atoms with E-state index < -0.39 is 0 Å². The first-order chi connectivity index (χ1) is 8.08. The highest BCUT2D eigenvalue weighted by atomic mass is 79.9. The number of hydrogen-bond acceptors (Lipinski definition) is 2. The van der Waals surface area contributed by atoms with Gasteiger partial charge in [-0.1, -0.05) is 34.1 Å². The Hall–Kier alpha value is -0.380. The minimum absolute atomic E-state index is 0.397. The van der Waals surface area contributed by atoms with Gasteiger partial charge in [0.25, 0.3) is 0 Å². The normalized spacial score (nSPS) is 27.3. The minimum atomic E-state index is 0.397. The predicted octanol–water partition coefficient (Wildman–Crippen LogP) is 3.19. The molecule has 1 aromatic rings. The molecule has 1 aliphatic heterocycles. The number of likely N-dealkylation sites (N-methyl/N-ethyl adjacent to an activating group) is 1. The molecule has 2 nitrogen and oxygen atoms in total. The average molecular weight is 297 g/mol. The summed E-state index contributed by atoms with van der Waals surface area (Å²) in [5.74, 6) is 0. The van der Waals surface area contributed by atoms with Gasteiger partial charge in [-0.25, -0.2) is 0 Å². The smallest absolute Gasteiger partial charge is 0.0306 e. The number of nitrogens with one attached hydrogen (secondary N) is 1. The fourth-order valence-corrected chi connectivity index (χ4v) is 3.21. The number of halogens is 1. The molecule has 2 rings (SSSR count). The number of likely N-dealkylation sites (tertiary alicyclic amines) is 1. The van der Waals surface area contributed by atoms with Crippen LogP contribution in [0.25, 0.3) is 0 Å². The molecule has 0 saturated carbocycles. The first kappa shape index (κ1) is 13.1. The van der Waals surface area contributed by atoms with Crippen molar-refractivity contribution in [2.45, 2.75) is 38.4 Å². The van der Waals surface area contributed by atoms with Gasteiger partial charge in [-0.15, -0.1) is 0 Å². The fourth-order valence-electron chi connectivity index (χ4n) is 2.58. The lowest BCUT2D eigenvalue weighted by molar-refractivity contribution is 0.325. The summed E-state index contributed by atoms with van der Waals surface area (Å²) >= 11 is 3.62. The SMILES string of the molecule is CC1CC(N[C@@H](C)c2ccccc2Br)CN1C. The molecule has 0 spiro atoms. The van der Waals surface area contributed by atoms with Crippen LogP contribution in [0, 0.1) is 0 Å². The van der Waals surface area contributed by atoms with E-state index in [4.69, 9.17) is 0 Å².